The lowest BCUT2D eigenvalue weighted by Gasteiger charge is -2.26. The van der Waals surface area contributed by atoms with E-state index in [1.54, 1.807) is 0 Å². The van der Waals surface area contributed by atoms with E-state index in [-0.39, 0.29) is 24.3 Å². The number of hydrogen-bond acceptors (Lipinski definition) is 4. The van der Waals surface area contributed by atoms with Gasteiger partial charge >= 0.3 is 18.1 Å². The fourth-order valence-corrected chi connectivity index (χ4v) is 1.73. The first-order chi connectivity index (χ1) is 8.30. The first-order valence-corrected chi connectivity index (χ1v) is 4.87. The van der Waals surface area contributed by atoms with Crippen LogP contribution in [0, 0.1) is 0 Å². The Labute approximate surface area is 98.0 Å². The normalized spacial score (nSPS) is 15.4. The molecule has 0 aromatic carbocycles. The van der Waals surface area contributed by atoms with Crippen LogP contribution in [0.5, 0.6) is 0 Å². The molecule has 0 atom stereocenters. The van der Waals surface area contributed by atoms with Crippen molar-refractivity contribution in [1.82, 2.24) is 10.1 Å². The second-order valence-corrected chi connectivity index (χ2v) is 3.71. The van der Waals surface area contributed by atoms with Crippen LogP contribution in [0.1, 0.15) is 21.8 Å². The van der Waals surface area contributed by atoms with E-state index in [0.29, 0.717) is 4.90 Å². The number of aromatic carboxylic acids is 1. The minimum absolute atomic E-state index is 0.0113. The van der Waals surface area contributed by atoms with Crippen LogP contribution in [0.25, 0.3) is 0 Å². The van der Waals surface area contributed by atoms with Gasteiger partial charge in [0.15, 0.2) is 5.69 Å². The Balaban J connectivity index is 2.26. The van der Waals surface area contributed by atoms with Gasteiger partial charge in [0.25, 0.3) is 0 Å². The fourth-order valence-electron chi connectivity index (χ4n) is 1.73. The minimum Gasteiger partial charge on any atom is -0.476 e. The van der Waals surface area contributed by atoms with Gasteiger partial charge in [0.1, 0.15) is 5.76 Å². The molecule has 1 amide bonds. The van der Waals surface area contributed by atoms with Gasteiger partial charge in [0.2, 0.25) is 0 Å². The summed E-state index contributed by atoms with van der Waals surface area (Å²) in [6.07, 6.45) is -4.96. The van der Waals surface area contributed by atoms with Crippen molar-refractivity contribution in [3.63, 3.8) is 0 Å². The number of amides is 1. The maximum Gasteiger partial charge on any atom is 0.471 e. The summed E-state index contributed by atoms with van der Waals surface area (Å²) in [6.45, 7) is -0.640. The van der Waals surface area contributed by atoms with Crippen molar-refractivity contribution in [1.29, 1.82) is 0 Å². The number of nitrogens with zero attached hydrogens (tertiary/aromatic N) is 2. The summed E-state index contributed by atoms with van der Waals surface area (Å²) in [5.74, 6) is -3.19. The van der Waals surface area contributed by atoms with Crippen LogP contribution in [-0.4, -0.2) is 39.8 Å². The third kappa shape index (κ3) is 2.03. The van der Waals surface area contributed by atoms with Crippen LogP contribution in [-0.2, 0) is 17.8 Å². The fraction of sp³-hybridized carbons (Fsp3) is 0.444. The van der Waals surface area contributed by atoms with Gasteiger partial charge in [-0.1, -0.05) is 5.16 Å². The Morgan fingerprint density at radius 1 is 1.39 bits per heavy atom. The van der Waals surface area contributed by atoms with Crippen molar-refractivity contribution < 1.29 is 32.4 Å². The van der Waals surface area contributed by atoms with E-state index in [9.17, 15) is 22.8 Å². The third-order valence-corrected chi connectivity index (χ3v) is 2.56. The first-order valence-electron chi connectivity index (χ1n) is 4.87. The summed E-state index contributed by atoms with van der Waals surface area (Å²) in [5, 5.41) is 12.0. The maximum atomic E-state index is 12.2. The van der Waals surface area contributed by atoms with E-state index < -0.39 is 30.3 Å². The summed E-state index contributed by atoms with van der Waals surface area (Å²) < 4.78 is 41.5. The number of carbonyl (C=O) groups excluding carboxylic acids is 1. The number of halogens is 3. The van der Waals surface area contributed by atoms with E-state index in [1.807, 2.05) is 0 Å². The number of hydrogen-bond donors (Lipinski definition) is 1. The molecule has 0 saturated carbocycles. The maximum absolute atomic E-state index is 12.2. The van der Waals surface area contributed by atoms with Gasteiger partial charge in [-0.2, -0.15) is 13.2 Å². The standard InChI is InChI=1S/C9H7F3N2O4/c10-9(11,12)8(17)14-2-1-5-4(3-14)6(7(15)16)13-18-5/h1-3H2,(H,15,16). The van der Waals surface area contributed by atoms with Crippen molar-refractivity contribution in [2.24, 2.45) is 0 Å². The quantitative estimate of drug-likeness (QED) is 0.811. The van der Waals surface area contributed by atoms with Crippen LogP contribution < -0.4 is 0 Å². The van der Waals surface area contributed by atoms with Gasteiger partial charge in [-0.3, -0.25) is 4.79 Å². The molecule has 0 aliphatic carbocycles. The van der Waals surface area contributed by atoms with Gasteiger partial charge in [0, 0.05) is 18.5 Å². The molecule has 98 valence electrons. The number of alkyl halides is 3. The lowest BCUT2D eigenvalue weighted by molar-refractivity contribution is -0.186. The largest absolute Gasteiger partial charge is 0.476 e. The Morgan fingerprint density at radius 3 is 2.61 bits per heavy atom. The van der Waals surface area contributed by atoms with E-state index in [4.69, 9.17) is 9.63 Å². The molecule has 1 aromatic rings. The average molecular weight is 264 g/mol. The zero-order valence-electron chi connectivity index (χ0n) is 8.82. The highest BCUT2D eigenvalue weighted by atomic mass is 19.4. The first kappa shape index (κ1) is 12.4. The Kier molecular flexibility index (Phi) is 2.76. The SMILES string of the molecule is O=C(O)c1noc2c1CN(C(=O)C(F)(F)F)CC2. The molecule has 9 heteroatoms. The zero-order chi connectivity index (χ0) is 13.5. The minimum atomic E-state index is -4.97. The molecule has 18 heavy (non-hydrogen) atoms. The van der Waals surface area contributed by atoms with Gasteiger partial charge in [0.05, 0.1) is 6.54 Å². The van der Waals surface area contributed by atoms with E-state index in [1.165, 1.54) is 0 Å². The van der Waals surface area contributed by atoms with Gasteiger partial charge < -0.3 is 14.5 Å². The molecule has 1 aromatic heterocycles. The highest BCUT2D eigenvalue weighted by Crippen LogP contribution is 2.26. The summed E-state index contributed by atoms with van der Waals surface area (Å²) in [5.41, 5.74) is -0.434. The number of fused-ring (bicyclic) bond motifs is 1. The van der Waals surface area contributed by atoms with Gasteiger partial charge in [-0.15, -0.1) is 0 Å². The summed E-state index contributed by atoms with van der Waals surface area (Å²) in [7, 11) is 0. The zero-order valence-corrected chi connectivity index (χ0v) is 8.82. The molecule has 2 heterocycles. The summed E-state index contributed by atoms with van der Waals surface area (Å²) >= 11 is 0. The lowest BCUT2D eigenvalue weighted by atomic mass is 10.1. The van der Waals surface area contributed by atoms with Crippen LogP contribution in [0.4, 0.5) is 13.2 Å². The predicted molar refractivity (Wildman–Crippen MR) is 48.6 cm³/mol. The highest BCUT2D eigenvalue weighted by Gasteiger charge is 2.44. The van der Waals surface area contributed by atoms with Crippen molar-refractivity contribution in [2.45, 2.75) is 19.1 Å². The van der Waals surface area contributed by atoms with Crippen LogP contribution in [0.15, 0.2) is 4.52 Å². The molecule has 6 nitrogen and oxygen atoms in total. The third-order valence-electron chi connectivity index (χ3n) is 2.56. The molecule has 0 unspecified atom stereocenters. The molecule has 0 spiro atoms. The van der Waals surface area contributed by atoms with Crippen molar-refractivity contribution in [3.05, 3.63) is 17.0 Å². The Morgan fingerprint density at radius 2 is 2.06 bits per heavy atom. The summed E-state index contributed by atoms with van der Waals surface area (Å²) in [4.78, 5) is 22.3. The molecular formula is C9H7F3N2O4. The number of rotatable bonds is 1. The molecule has 0 fully saturated rings. The van der Waals surface area contributed by atoms with E-state index in [2.05, 4.69) is 5.16 Å². The molecule has 1 aliphatic heterocycles. The Hall–Kier alpha value is -2.06. The Bertz CT molecular complexity index is 508. The predicted octanol–water partition coefficient (Wildman–Crippen LogP) is 0.820. The molecule has 1 N–H and O–H groups in total. The monoisotopic (exact) mass is 264 g/mol. The molecular weight excluding hydrogens is 257 g/mol. The number of aromatic nitrogens is 1. The molecule has 1 aliphatic rings. The van der Waals surface area contributed by atoms with Crippen molar-refractivity contribution >= 4 is 11.9 Å². The van der Waals surface area contributed by atoms with Gasteiger partial charge in [-0.25, -0.2) is 4.79 Å². The summed E-state index contributed by atoms with van der Waals surface area (Å²) in [6, 6.07) is 0. The number of carbonyl (C=O) groups is 2. The topological polar surface area (TPSA) is 83.6 Å². The highest BCUT2D eigenvalue weighted by molar-refractivity contribution is 5.88. The molecule has 0 bridgehead atoms. The molecule has 2 rings (SSSR count). The smallest absolute Gasteiger partial charge is 0.471 e. The second-order valence-electron chi connectivity index (χ2n) is 3.71. The lowest BCUT2D eigenvalue weighted by Crippen LogP contribution is -2.43. The van der Waals surface area contributed by atoms with Gasteiger partial charge in [-0.05, 0) is 0 Å². The number of carboxylic acids is 1. The van der Waals surface area contributed by atoms with Crippen LogP contribution in [0.2, 0.25) is 0 Å². The van der Waals surface area contributed by atoms with Crippen molar-refractivity contribution in [2.75, 3.05) is 6.54 Å². The number of carboxylic acid groups (broad SMARTS) is 1. The second kappa shape index (κ2) is 4.00. The van der Waals surface area contributed by atoms with Crippen LogP contribution in [0.3, 0.4) is 0 Å². The van der Waals surface area contributed by atoms with E-state index >= 15 is 0 Å². The molecule has 0 saturated heterocycles. The average Bonchev–Trinajstić information content (AvgIpc) is 2.69. The van der Waals surface area contributed by atoms with Crippen LogP contribution >= 0.6 is 0 Å². The molecule has 0 radical (unpaired) electrons. The van der Waals surface area contributed by atoms with E-state index in [0.717, 1.165) is 0 Å². The van der Waals surface area contributed by atoms with Crippen molar-refractivity contribution in [3.8, 4) is 0 Å².